The molecule has 1 aromatic heterocycles. The summed E-state index contributed by atoms with van der Waals surface area (Å²) in [6.07, 6.45) is -2.06. The number of rotatable bonds is 3. The van der Waals surface area contributed by atoms with E-state index >= 15 is 0 Å². The summed E-state index contributed by atoms with van der Waals surface area (Å²) in [5.74, 6) is -1.37. The van der Waals surface area contributed by atoms with Crippen LogP contribution in [0.25, 0.3) is 10.9 Å². The molecule has 0 bridgehead atoms. The standard InChI is InChI=1S/C13H12ClNO5/c1-20-13(19)12(18)11(17)7-5-8(14)6-3-2-4-15-9(6)10(7)16/h2-5,11-12,16-18H,1H3. The van der Waals surface area contributed by atoms with Gasteiger partial charge in [-0.2, -0.15) is 0 Å². The largest absolute Gasteiger partial charge is 0.505 e. The summed E-state index contributed by atoms with van der Waals surface area (Å²) in [4.78, 5) is 15.2. The molecule has 0 aliphatic heterocycles. The number of carbonyl (C=O) groups is 1. The number of phenols is 1. The van der Waals surface area contributed by atoms with Gasteiger partial charge in [0, 0.05) is 17.1 Å². The molecular formula is C13H12ClNO5. The lowest BCUT2D eigenvalue weighted by Gasteiger charge is -2.18. The van der Waals surface area contributed by atoms with Gasteiger partial charge in [0.2, 0.25) is 0 Å². The normalized spacial score (nSPS) is 14.0. The van der Waals surface area contributed by atoms with Crippen molar-refractivity contribution in [3.63, 3.8) is 0 Å². The van der Waals surface area contributed by atoms with Crippen molar-refractivity contribution >= 4 is 28.5 Å². The fourth-order valence-electron chi connectivity index (χ4n) is 1.85. The lowest BCUT2D eigenvalue weighted by Crippen LogP contribution is -2.29. The molecule has 0 fully saturated rings. The number of aliphatic hydroxyl groups is 2. The Morgan fingerprint density at radius 2 is 2.15 bits per heavy atom. The van der Waals surface area contributed by atoms with Crippen molar-refractivity contribution in [2.24, 2.45) is 0 Å². The van der Waals surface area contributed by atoms with Crippen LogP contribution in [-0.2, 0) is 9.53 Å². The molecule has 3 N–H and O–H groups in total. The number of esters is 1. The summed E-state index contributed by atoms with van der Waals surface area (Å²) in [6, 6.07) is 4.57. The number of pyridine rings is 1. The minimum absolute atomic E-state index is 0.0981. The van der Waals surface area contributed by atoms with Crippen LogP contribution in [0, 0.1) is 0 Å². The Kier molecular flexibility index (Phi) is 4.08. The van der Waals surface area contributed by atoms with Gasteiger partial charge in [-0.1, -0.05) is 11.6 Å². The van der Waals surface area contributed by atoms with Crippen molar-refractivity contribution in [2.45, 2.75) is 12.2 Å². The third-order valence-corrected chi connectivity index (χ3v) is 3.22. The molecule has 106 valence electrons. The third-order valence-electron chi connectivity index (χ3n) is 2.91. The highest BCUT2D eigenvalue weighted by atomic mass is 35.5. The average molecular weight is 298 g/mol. The predicted octanol–water partition coefficient (Wildman–Crippen LogP) is 1.16. The molecule has 2 unspecified atom stereocenters. The van der Waals surface area contributed by atoms with Crippen LogP contribution in [0.1, 0.15) is 11.7 Å². The smallest absolute Gasteiger partial charge is 0.337 e. The van der Waals surface area contributed by atoms with Crippen LogP contribution >= 0.6 is 11.6 Å². The van der Waals surface area contributed by atoms with E-state index in [1.165, 1.54) is 12.3 Å². The Balaban J connectivity index is 2.55. The summed E-state index contributed by atoms with van der Waals surface area (Å²) >= 11 is 6.04. The first-order chi connectivity index (χ1) is 9.47. The highest BCUT2D eigenvalue weighted by molar-refractivity contribution is 6.35. The summed E-state index contributed by atoms with van der Waals surface area (Å²) in [5, 5.41) is 30.4. The maximum absolute atomic E-state index is 11.2. The Labute approximate surface area is 119 Å². The number of halogens is 1. The molecule has 0 spiro atoms. The number of benzene rings is 1. The van der Waals surface area contributed by atoms with Gasteiger partial charge in [0.15, 0.2) is 6.10 Å². The van der Waals surface area contributed by atoms with Crippen LogP contribution in [0.15, 0.2) is 24.4 Å². The van der Waals surface area contributed by atoms with E-state index in [1.54, 1.807) is 12.1 Å². The number of phenolic OH excluding ortho intramolecular Hbond substituents is 1. The molecule has 0 saturated heterocycles. The molecule has 0 saturated carbocycles. The van der Waals surface area contributed by atoms with Gasteiger partial charge in [-0.15, -0.1) is 0 Å². The van der Waals surface area contributed by atoms with E-state index in [0.29, 0.717) is 5.39 Å². The first kappa shape index (κ1) is 14.5. The van der Waals surface area contributed by atoms with Gasteiger partial charge in [0.25, 0.3) is 0 Å². The molecular weight excluding hydrogens is 286 g/mol. The van der Waals surface area contributed by atoms with E-state index in [9.17, 15) is 20.1 Å². The zero-order chi connectivity index (χ0) is 14.9. The molecule has 2 atom stereocenters. The number of fused-ring (bicyclic) bond motifs is 1. The highest BCUT2D eigenvalue weighted by Crippen LogP contribution is 2.37. The summed E-state index contributed by atoms with van der Waals surface area (Å²) < 4.78 is 4.33. The number of carbonyl (C=O) groups excluding carboxylic acids is 1. The maximum atomic E-state index is 11.2. The van der Waals surface area contributed by atoms with Gasteiger partial charge in [-0.3, -0.25) is 4.98 Å². The van der Waals surface area contributed by atoms with Gasteiger partial charge in [-0.25, -0.2) is 4.79 Å². The van der Waals surface area contributed by atoms with Crippen molar-refractivity contribution in [1.82, 2.24) is 4.98 Å². The number of ether oxygens (including phenoxy) is 1. The average Bonchev–Trinajstić information content (AvgIpc) is 2.48. The highest BCUT2D eigenvalue weighted by Gasteiger charge is 2.29. The van der Waals surface area contributed by atoms with Crippen LogP contribution in [0.3, 0.4) is 0 Å². The van der Waals surface area contributed by atoms with E-state index in [2.05, 4.69) is 9.72 Å². The second-order valence-corrected chi connectivity index (χ2v) is 4.52. The monoisotopic (exact) mass is 297 g/mol. The Morgan fingerprint density at radius 1 is 1.45 bits per heavy atom. The zero-order valence-electron chi connectivity index (χ0n) is 10.4. The summed E-state index contributed by atoms with van der Waals surface area (Å²) in [5.41, 5.74) is 0.0743. The molecule has 7 heteroatoms. The van der Waals surface area contributed by atoms with Gasteiger partial charge >= 0.3 is 5.97 Å². The van der Waals surface area contributed by atoms with Crippen molar-refractivity contribution in [3.05, 3.63) is 35.0 Å². The third kappa shape index (κ3) is 2.40. The second-order valence-electron chi connectivity index (χ2n) is 4.11. The minimum Gasteiger partial charge on any atom is -0.505 e. The lowest BCUT2D eigenvalue weighted by atomic mass is 10.0. The molecule has 0 aliphatic carbocycles. The Hall–Kier alpha value is -1.89. The van der Waals surface area contributed by atoms with Crippen molar-refractivity contribution in [2.75, 3.05) is 7.11 Å². The van der Waals surface area contributed by atoms with Crippen molar-refractivity contribution in [1.29, 1.82) is 0 Å². The van der Waals surface area contributed by atoms with E-state index in [-0.39, 0.29) is 21.9 Å². The van der Waals surface area contributed by atoms with Crippen LogP contribution in [0.2, 0.25) is 5.02 Å². The number of nitrogens with zero attached hydrogens (tertiary/aromatic N) is 1. The number of aliphatic hydroxyl groups excluding tert-OH is 2. The quantitative estimate of drug-likeness (QED) is 0.735. The second kappa shape index (κ2) is 5.62. The first-order valence-corrected chi connectivity index (χ1v) is 6.05. The zero-order valence-corrected chi connectivity index (χ0v) is 11.2. The molecule has 0 aliphatic rings. The minimum atomic E-state index is -1.83. The number of hydrogen-bond donors (Lipinski definition) is 3. The summed E-state index contributed by atoms with van der Waals surface area (Å²) in [6.45, 7) is 0. The molecule has 20 heavy (non-hydrogen) atoms. The number of methoxy groups -OCH3 is 1. The molecule has 2 aromatic rings. The number of aromatic nitrogens is 1. The van der Waals surface area contributed by atoms with Crippen LogP contribution < -0.4 is 0 Å². The summed E-state index contributed by atoms with van der Waals surface area (Å²) in [7, 11) is 1.08. The Bertz CT molecular complexity index is 660. The van der Waals surface area contributed by atoms with E-state index in [0.717, 1.165) is 7.11 Å². The molecule has 0 amide bonds. The van der Waals surface area contributed by atoms with Gasteiger partial charge < -0.3 is 20.1 Å². The number of hydrogen-bond acceptors (Lipinski definition) is 6. The molecule has 0 radical (unpaired) electrons. The van der Waals surface area contributed by atoms with E-state index in [1.807, 2.05) is 0 Å². The Morgan fingerprint density at radius 3 is 2.80 bits per heavy atom. The fraction of sp³-hybridized carbons (Fsp3) is 0.231. The van der Waals surface area contributed by atoms with Gasteiger partial charge in [-0.05, 0) is 18.2 Å². The fourth-order valence-corrected chi connectivity index (χ4v) is 2.12. The molecule has 1 aromatic carbocycles. The van der Waals surface area contributed by atoms with Crippen LogP contribution in [-0.4, -0.2) is 39.5 Å². The molecule has 6 nitrogen and oxygen atoms in total. The van der Waals surface area contributed by atoms with E-state index < -0.39 is 18.2 Å². The lowest BCUT2D eigenvalue weighted by molar-refractivity contribution is -0.156. The molecule has 1 heterocycles. The van der Waals surface area contributed by atoms with E-state index in [4.69, 9.17) is 11.6 Å². The SMILES string of the molecule is COC(=O)C(O)C(O)c1cc(Cl)c2cccnc2c1O. The van der Waals surface area contributed by atoms with Crippen molar-refractivity contribution < 1.29 is 24.9 Å². The van der Waals surface area contributed by atoms with Crippen LogP contribution in [0.4, 0.5) is 0 Å². The van der Waals surface area contributed by atoms with Crippen molar-refractivity contribution in [3.8, 4) is 5.75 Å². The van der Waals surface area contributed by atoms with Gasteiger partial charge in [0.1, 0.15) is 17.4 Å². The first-order valence-electron chi connectivity index (χ1n) is 5.67. The molecule has 2 rings (SSSR count). The topological polar surface area (TPSA) is 99.9 Å². The number of aromatic hydroxyl groups is 1. The maximum Gasteiger partial charge on any atom is 0.337 e. The van der Waals surface area contributed by atoms with Gasteiger partial charge in [0.05, 0.1) is 12.1 Å². The van der Waals surface area contributed by atoms with Crippen LogP contribution in [0.5, 0.6) is 5.75 Å². The predicted molar refractivity (Wildman–Crippen MR) is 71.4 cm³/mol.